The summed E-state index contributed by atoms with van der Waals surface area (Å²) in [6.45, 7) is 7.85. The van der Waals surface area contributed by atoms with Crippen LogP contribution in [0.5, 0.6) is 0 Å². The zero-order valence-corrected chi connectivity index (χ0v) is 12.9. The Bertz CT molecular complexity index is 536. The van der Waals surface area contributed by atoms with Gasteiger partial charge in [-0.05, 0) is 43.5 Å². The monoisotopic (exact) mass is 285 g/mol. The van der Waals surface area contributed by atoms with Gasteiger partial charge in [0.1, 0.15) is 0 Å². The second kappa shape index (κ2) is 6.28. The van der Waals surface area contributed by atoms with Crippen molar-refractivity contribution in [1.29, 1.82) is 5.26 Å². The van der Waals surface area contributed by atoms with E-state index in [1.165, 1.54) is 0 Å². The molecule has 2 atom stereocenters. The number of amides is 1. The number of benzene rings is 1. The zero-order chi connectivity index (χ0) is 15.5. The van der Waals surface area contributed by atoms with E-state index in [0.717, 1.165) is 25.1 Å². The number of hydrogen-bond donors (Lipinski definition) is 2. The minimum atomic E-state index is -0.305. The first kappa shape index (κ1) is 15.5. The van der Waals surface area contributed by atoms with Crippen molar-refractivity contribution in [2.75, 3.05) is 13.1 Å². The van der Waals surface area contributed by atoms with E-state index in [2.05, 4.69) is 30.6 Å². The topological polar surface area (TPSA) is 64.9 Å². The van der Waals surface area contributed by atoms with Gasteiger partial charge < -0.3 is 10.6 Å². The first-order valence-corrected chi connectivity index (χ1v) is 7.51. The number of rotatable bonds is 4. The van der Waals surface area contributed by atoms with Crippen molar-refractivity contribution in [3.63, 3.8) is 0 Å². The van der Waals surface area contributed by atoms with Crippen LogP contribution in [-0.2, 0) is 4.79 Å². The quantitative estimate of drug-likeness (QED) is 0.892. The summed E-state index contributed by atoms with van der Waals surface area (Å²) in [6, 6.07) is 9.42. The van der Waals surface area contributed by atoms with Gasteiger partial charge in [0.05, 0.1) is 23.1 Å². The molecule has 2 unspecified atom stereocenters. The fourth-order valence-corrected chi connectivity index (χ4v) is 2.93. The van der Waals surface area contributed by atoms with Crippen molar-refractivity contribution < 1.29 is 4.79 Å². The summed E-state index contributed by atoms with van der Waals surface area (Å²) in [5.41, 5.74) is 1.35. The molecule has 2 N–H and O–H groups in total. The van der Waals surface area contributed by atoms with Gasteiger partial charge in [-0.1, -0.05) is 26.0 Å². The molecule has 1 aliphatic heterocycles. The molecule has 0 aliphatic carbocycles. The molecule has 1 aromatic rings. The van der Waals surface area contributed by atoms with Crippen LogP contribution in [0.15, 0.2) is 24.3 Å². The van der Waals surface area contributed by atoms with Crippen LogP contribution in [0.2, 0.25) is 0 Å². The number of carbonyl (C=O) groups is 1. The normalized spacial score (nSPS) is 22.8. The summed E-state index contributed by atoms with van der Waals surface area (Å²) < 4.78 is 0. The lowest BCUT2D eigenvalue weighted by Crippen LogP contribution is -2.46. The summed E-state index contributed by atoms with van der Waals surface area (Å²) in [5, 5.41) is 15.3. The van der Waals surface area contributed by atoms with Gasteiger partial charge in [-0.3, -0.25) is 4.79 Å². The second-order valence-electron chi connectivity index (χ2n) is 6.17. The van der Waals surface area contributed by atoms with Gasteiger partial charge in [0, 0.05) is 6.54 Å². The number of nitrogens with one attached hydrogen (secondary N) is 2. The Balaban J connectivity index is 2.09. The van der Waals surface area contributed by atoms with E-state index >= 15 is 0 Å². The number of nitrogens with zero attached hydrogens (tertiary/aromatic N) is 1. The Labute approximate surface area is 126 Å². The highest BCUT2D eigenvalue weighted by molar-refractivity contribution is 5.84. The molecule has 112 valence electrons. The molecule has 1 fully saturated rings. The summed E-state index contributed by atoms with van der Waals surface area (Å²) in [4.78, 5) is 12.7. The van der Waals surface area contributed by atoms with Gasteiger partial charge >= 0.3 is 0 Å². The summed E-state index contributed by atoms with van der Waals surface area (Å²) in [7, 11) is 0. The Kier molecular flexibility index (Phi) is 4.64. The minimum Gasteiger partial charge on any atom is -0.349 e. The van der Waals surface area contributed by atoms with Crippen LogP contribution >= 0.6 is 0 Å². The summed E-state index contributed by atoms with van der Waals surface area (Å²) in [5.74, 6) is 0.431. The van der Waals surface area contributed by atoms with Crippen molar-refractivity contribution in [1.82, 2.24) is 10.6 Å². The molecule has 0 radical (unpaired) electrons. The molecule has 21 heavy (non-hydrogen) atoms. The van der Waals surface area contributed by atoms with Gasteiger partial charge in [-0.25, -0.2) is 0 Å². The predicted octanol–water partition coefficient (Wildman–Crippen LogP) is 2.37. The average molecular weight is 285 g/mol. The van der Waals surface area contributed by atoms with Crippen molar-refractivity contribution in [2.45, 2.75) is 33.2 Å². The molecule has 4 heteroatoms. The van der Waals surface area contributed by atoms with Crippen LogP contribution in [0.3, 0.4) is 0 Å². The summed E-state index contributed by atoms with van der Waals surface area (Å²) in [6.07, 6.45) is 0.886. The van der Waals surface area contributed by atoms with Gasteiger partial charge in [0.25, 0.3) is 0 Å². The smallest absolute Gasteiger partial charge is 0.228 e. The highest BCUT2D eigenvalue weighted by Gasteiger charge is 2.44. The van der Waals surface area contributed by atoms with Crippen molar-refractivity contribution >= 4 is 5.91 Å². The van der Waals surface area contributed by atoms with Crippen molar-refractivity contribution in [2.24, 2.45) is 11.3 Å². The van der Waals surface area contributed by atoms with Crippen LogP contribution in [0.4, 0.5) is 0 Å². The van der Waals surface area contributed by atoms with Crippen molar-refractivity contribution in [3.05, 3.63) is 35.4 Å². The van der Waals surface area contributed by atoms with E-state index in [1.54, 1.807) is 12.1 Å². The average Bonchev–Trinajstić information content (AvgIpc) is 2.98. The van der Waals surface area contributed by atoms with Gasteiger partial charge in [0.2, 0.25) is 5.91 Å². The fraction of sp³-hybridized carbons (Fsp3) is 0.529. The molecular weight excluding hydrogens is 262 g/mol. The molecular formula is C17H23N3O. The Morgan fingerprint density at radius 1 is 1.33 bits per heavy atom. The maximum absolute atomic E-state index is 12.7. The lowest BCUT2D eigenvalue weighted by molar-refractivity contribution is -0.133. The standard InChI is InChI=1S/C17H23N3O/c1-12(2)17(8-9-19-11-17)16(21)20-13(3)15-6-4-14(10-18)5-7-15/h4-7,12-13,19H,8-9,11H2,1-3H3,(H,20,21). The largest absolute Gasteiger partial charge is 0.349 e. The van der Waals surface area contributed by atoms with Crippen LogP contribution in [0.25, 0.3) is 0 Å². The summed E-state index contributed by atoms with van der Waals surface area (Å²) >= 11 is 0. The molecule has 1 aliphatic rings. The molecule has 0 spiro atoms. The molecule has 1 heterocycles. The highest BCUT2D eigenvalue weighted by Crippen LogP contribution is 2.35. The molecule has 0 bridgehead atoms. The molecule has 1 amide bonds. The maximum atomic E-state index is 12.7. The van der Waals surface area contributed by atoms with E-state index in [4.69, 9.17) is 5.26 Å². The molecule has 1 saturated heterocycles. The minimum absolute atomic E-state index is 0.0542. The van der Waals surface area contributed by atoms with Gasteiger partial charge in [-0.2, -0.15) is 5.26 Å². The first-order valence-electron chi connectivity index (χ1n) is 7.51. The molecule has 2 rings (SSSR count). The molecule has 0 saturated carbocycles. The van der Waals surface area contributed by atoms with Crippen LogP contribution in [0, 0.1) is 22.7 Å². The number of nitriles is 1. The molecule has 4 nitrogen and oxygen atoms in total. The lowest BCUT2D eigenvalue weighted by atomic mass is 9.75. The van der Waals surface area contributed by atoms with E-state index in [1.807, 2.05) is 19.1 Å². The SMILES string of the molecule is CC(NC(=O)C1(C(C)C)CCNC1)c1ccc(C#N)cc1. The zero-order valence-electron chi connectivity index (χ0n) is 12.9. The lowest BCUT2D eigenvalue weighted by Gasteiger charge is -2.32. The molecule has 1 aromatic carbocycles. The Hall–Kier alpha value is -1.86. The molecule has 0 aromatic heterocycles. The van der Waals surface area contributed by atoms with Gasteiger partial charge in [-0.15, -0.1) is 0 Å². The third-order valence-corrected chi connectivity index (χ3v) is 4.63. The fourth-order valence-electron chi connectivity index (χ4n) is 2.93. The van der Waals surface area contributed by atoms with Gasteiger partial charge in [0.15, 0.2) is 0 Å². The number of carbonyl (C=O) groups excluding carboxylic acids is 1. The highest BCUT2D eigenvalue weighted by atomic mass is 16.2. The Morgan fingerprint density at radius 3 is 2.48 bits per heavy atom. The third-order valence-electron chi connectivity index (χ3n) is 4.63. The second-order valence-corrected chi connectivity index (χ2v) is 6.17. The van der Waals surface area contributed by atoms with E-state index < -0.39 is 0 Å². The van der Waals surface area contributed by atoms with E-state index in [-0.39, 0.29) is 17.4 Å². The van der Waals surface area contributed by atoms with Crippen LogP contribution in [0.1, 0.15) is 44.4 Å². The van der Waals surface area contributed by atoms with Crippen LogP contribution in [-0.4, -0.2) is 19.0 Å². The van der Waals surface area contributed by atoms with E-state index in [0.29, 0.717) is 11.5 Å². The first-order chi connectivity index (χ1) is 9.99. The third kappa shape index (κ3) is 3.08. The maximum Gasteiger partial charge on any atom is 0.228 e. The van der Waals surface area contributed by atoms with Crippen molar-refractivity contribution in [3.8, 4) is 6.07 Å². The van der Waals surface area contributed by atoms with E-state index in [9.17, 15) is 4.79 Å². The predicted molar refractivity (Wildman–Crippen MR) is 82.5 cm³/mol. The van der Waals surface area contributed by atoms with Crippen LogP contribution < -0.4 is 10.6 Å². The number of hydrogen-bond acceptors (Lipinski definition) is 3. The Morgan fingerprint density at radius 2 is 2.00 bits per heavy atom.